The third kappa shape index (κ3) is 3.07. The Labute approximate surface area is 124 Å². The van der Waals surface area contributed by atoms with E-state index in [1.807, 2.05) is 24.3 Å². The maximum absolute atomic E-state index is 12.1. The van der Waals surface area contributed by atoms with Crippen molar-refractivity contribution in [2.24, 2.45) is 11.8 Å². The summed E-state index contributed by atoms with van der Waals surface area (Å²) in [5, 5.41) is 0.742. The smallest absolute Gasteiger partial charge is 0.189 e. The number of Topliss-reactive ketones (excluding diaryl/α,β-unsaturated/α-hetero) is 1. The van der Waals surface area contributed by atoms with E-state index >= 15 is 0 Å². The highest BCUT2D eigenvalue weighted by Gasteiger charge is 2.25. The Morgan fingerprint density at radius 1 is 1.29 bits per heavy atom. The van der Waals surface area contributed by atoms with E-state index in [-0.39, 0.29) is 11.3 Å². The quantitative estimate of drug-likeness (QED) is 0.937. The molecule has 1 aromatic heterocycles. The van der Waals surface area contributed by atoms with Gasteiger partial charge in [0.15, 0.2) is 5.43 Å². The normalized spacial score (nSPS) is 22.3. The van der Waals surface area contributed by atoms with Crippen molar-refractivity contribution in [2.75, 3.05) is 0 Å². The molecule has 1 fully saturated rings. The number of hydrogen-bond acceptors (Lipinski definition) is 2. The van der Waals surface area contributed by atoms with Gasteiger partial charge < -0.3 is 4.98 Å². The molecule has 3 nitrogen and oxygen atoms in total. The maximum atomic E-state index is 12.1. The molecule has 2 aromatic rings. The van der Waals surface area contributed by atoms with Crippen molar-refractivity contribution in [3.63, 3.8) is 0 Å². The molecule has 1 saturated carbocycles. The van der Waals surface area contributed by atoms with Crippen molar-refractivity contribution in [3.05, 3.63) is 46.2 Å². The zero-order valence-corrected chi connectivity index (χ0v) is 12.4. The number of H-pyrrole nitrogens is 1. The molecular weight excluding hydrogens is 262 g/mol. The predicted molar refractivity (Wildman–Crippen MR) is 84.4 cm³/mol. The minimum Gasteiger partial charge on any atom is -0.358 e. The van der Waals surface area contributed by atoms with E-state index in [9.17, 15) is 9.59 Å². The lowest BCUT2D eigenvalue weighted by Gasteiger charge is -2.27. The van der Waals surface area contributed by atoms with Gasteiger partial charge in [0.1, 0.15) is 5.78 Å². The molecule has 110 valence electrons. The molecule has 1 aliphatic carbocycles. The molecule has 1 aromatic carbocycles. The molecule has 21 heavy (non-hydrogen) atoms. The van der Waals surface area contributed by atoms with Crippen molar-refractivity contribution in [2.45, 2.75) is 39.0 Å². The fourth-order valence-corrected chi connectivity index (χ4v) is 3.52. The Balaban J connectivity index is 1.81. The lowest BCUT2D eigenvalue weighted by Crippen LogP contribution is -2.23. The van der Waals surface area contributed by atoms with Crippen LogP contribution in [0.5, 0.6) is 0 Å². The number of para-hydroxylation sites is 1. The van der Waals surface area contributed by atoms with Crippen LogP contribution in [0.3, 0.4) is 0 Å². The van der Waals surface area contributed by atoms with Crippen molar-refractivity contribution < 1.29 is 4.79 Å². The highest BCUT2D eigenvalue weighted by molar-refractivity contribution is 5.78. The van der Waals surface area contributed by atoms with E-state index in [0.717, 1.165) is 48.7 Å². The second kappa shape index (κ2) is 5.84. The van der Waals surface area contributed by atoms with Crippen LogP contribution in [0.2, 0.25) is 0 Å². The standard InChI is InChI=1S/C18H21NO2/c1-12(20)14-6-4-5-13(9-14)10-15-11-18(21)16-7-2-3-8-17(16)19-15/h2-3,7-8,11,13-14H,4-6,9-10H2,1H3,(H,19,21). The molecule has 0 bridgehead atoms. The van der Waals surface area contributed by atoms with Gasteiger partial charge in [0.25, 0.3) is 0 Å². The summed E-state index contributed by atoms with van der Waals surface area (Å²) in [5.74, 6) is 1.03. The number of carbonyl (C=O) groups excluding carboxylic acids is 1. The summed E-state index contributed by atoms with van der Waals surface area (Å²) in [7, 11) is 0. The molecule has 3 heteroatoms. The number of nitrogens with one attached hydrogen (secondary N) is 1. The fraction of sp³-hybridized carbons (Fsp3) is 0.444. The van der Waals surface area contributed by atoms with Crippen molar-refractivity contribution in [3.8, 4) is 0 Å². The van der Waals surface area contributed by atoms with E-state index < -0.39 is 0 Å². The number of ketones is 1. The third-order valence-electron chi connectivity index (χ3n) is 4.66. The zero-order chi connectivity index (χ0) is 14.8. The summed E-state index contributed by atoms with van der Waals surface area (Å²) >= 11 is 0. The predicted octanol–water partition coefficient (Wildman–Crippen LogP) is 3.47. The van der Waals surface area contributed by atoms with E-state index in [4.69, 9.17) is 0 Å². The topological polar surface area (TPSA) is 49.9 Å². The van der Waals surface area contributed by atoms with Crippen LogP contribution >= 0.6 is 0 Å². The van der Waals surface area contributed by atoms with Crippen LogP contribution in [-0.4, -0.2) is 10.8 Å². The van der Waals surface area contributed by atoms with Crippen molar-refractivity contribution >= 4 is 16.7 Å². The Hall–Kier alpha value is -1.90. The molecule has 3 rings (SSSR count). The van der Waals surface area contributed by atoms with Gasteiger partial charge in [0.05, 0.1) is 0 Å². The highest BCUT2D eigenvalue weighted by atomic mass is 16.1. The molecule has 1 aliphatic rings. The Bertz CT molecular complexity index is 716. The SMILES string of the molecule is CC(=O)C1CCCC(Cc2cc(=O)c3ccccc3[nH]2)C1. The van der Waals surface area contributed by atoms with Crippen LogP contribution in [0.15, 0.2) is 35.1 Å². The Kier molecular flexibility index (Phi) is 3.91. The Morgan fingerprint density at radius 2 is 2.10 bits per heavy atom. The maximum Gasteiger partial charge on any atom is 0.189 e. The first-order chi connectivity index (χ1) is 10.1. The van der Waals surface area contributed by atoms with Gasteiger partial charge in [0.2, 0.25) is 0 Å². The molecule has 0 amide bonds. The second-order valence-electron chi connectivity index (χ2n) is 6.25. The average Bonchev–Trinajstić information content (AvgIpc) is 2.47. The number of benzene rings is 1. The van der Waals surface area contributed by atoms with Crippen molar-refractivity contribution in [1.29, 1.82) is 0 Å². The van der Waals surface area contributed by atoms with Gasteiger partial charge >= 0.3 is 0 Å². The molecular formula is C18H21NO2. The van der Waals surface area contributed by atoms with Crippen molar-refractivity contribution in [1.82, 2.24) is 4.98 Å². The number of pyridine rings is 1. The molecule has 1 N–H and O–H groups in total. The number of rotatable bonds is 3. The zero-order valence-electron chi connectivity index (χ0n) is 12.4. The third-order valence-corrected chi connectivity index (χ3v) is 4.66. The van der Waals surface area contributed by atoms with Gasteiger partial charge in [0, 0.05) is 28.6 Å². The number of hydrogen-bond donors (Lipinski definition) is 1. The molecule has 0 aliphatic heterocycles. The largest absolute Gasteiger partial charge is 0.358 e. The van der Waals surface area contributed by atoms with Gasteiger partial charge in [-0.1, -0.05) is 25.0 Å². The number of carbonyl (C=O) groups is 1. The van der Waals surface area contributed by atoms with Gasteiger partial charge in [-0.2, -0.15) is 0 Å². The summed E-state index contributed by atoms with van der Waals surface area (Å²) in [5.41, 5.74) is 1.98. The van der Waals surface area contributed by atoms with Crippen LogP contribution in [0.4, 0.5) is 0 Å². The number of aromatic nitrogens is 1. The van der Waals surface area contributed by atoms with Crippen LogP contribution in [0.1, 0.15) is 38.3 Å². The summed E-state index contributed by atoms with van der Waals surface area (Å²) in [6.07, 6.45) is 5.12. The minimum atomic E-state index is 0.0817. The molecule has 0 spiro atoms. The number of aromatic amines is 1. The molecule has 2 atom stereocenters. The minimum absolute atomic E-state index is 0.0817. The van der Waals surface area contributed by atoms with E-state index in [0.29, 0.717) is 11.7 Å². The first-order valence-corrected chi connectivity index (χ1v) is 7.75. The van der Waals surface area contributed by atoms with E-state index in [1.165, 1.54) is 0 Å². The molecule has 2 unspecified atom stereocenters. The lowest BCUT2D eigenvalue weighted by atomic mass is 9.78. The average molecular weight is 283 g/mol. The highest BCUT2D eigenvalue weighted by Crippen LogP contribution is 2.31. The van der Waals surface area contributed by atoms with Gasteiger partial charge in [-0.25, -0.2) is 0 Å². The lowest BCUT2D eigenvalue weighted by molar-refractivity contribution is -0.122. The first-order valence-electron chi connectivity index (χ1n) is 7.75. The molecule has 0 saturated heterocycles. The van der Waals surface area contributed by atoms with E-state index in [1.54, 1.807) is 13.0 Å². The first kappa shape index (κ1) is 14.1. The molecule has 0 radical (unpaired) electrons. The van der Waals surface area contributed by atoms with Crippen LogP contribution in [-0.2, 0) is 11.2 Å². The fourth-order valence-electron chi connectivity index (χ4n) is 3.52. The van der Waals surface area contributed by atoms with Gasteiger partial charge in [-0.15, -0.1) is 0 Å². The van der Waals surface area contributed by atoms with Gasteiger partial charge in [-0.3, -0.25) is 9.59 Å². The van der Waals surface area contributed by atoms with Crippen LogP contribution < -0.4 is 5.43 Å². The van der Waals surface area contributed by atoms with Gasteiger partial charge in [-0.05, 0) is 44.2 Å². The monoisotopic (exact) mass is 283 g/mol. The van der Waals surface area contributed by atoms with E-state index in [2.05, 4.69) is 4.98 Å². The van der Waals surface area contributed by atoms with Crippen LogP contribution in [0, 0.1) is 11.8 Å². The summed E-state index contributed by atoms with van der Waals surface area (Å²) < 4.78 is 0. The summed E-state index contributed by atoms with van der Waals surface area (Å²) in [4.78, 5) is 27.1. The summed E-state index contributed by atoms with van der Waals surface area (Å²) in [6.45, 7) is 1.70. The second-order valence-corrected chi connectivity index (χ2v) is 6.25. The van der Waals surface area contributed by atoms with Crippen LogP contribution in [0.25, 0.3) is 10.9 Å². The summed E-state index contributed by atoms with van der Waals surface area (Å²) in [6, 6.07) is 9.34. The molecule has 1 heterocycles. The Morgan fingerprint density at radius 3 is 2.90 bits per heavy atom. The number of fused-ring (bicyclic) bond motifs is 1.